The van der Waals surface area contributed by atoms with Gasteiger partial charge in [0.2, 0.25) is 0 Å². The second kappa shape index (κ2) is 9.79. The Kier molecular flexibility index (Phi) is 8.71. The standard InChI is InChI=1S/C19H35ClN2OSi2/c1-7-24(8-2,9-3)21-17-13-16(19(20)23)14-18(15-17)22-25(10-4,11-5)12-6/h13-15,21-22H,7-12H2,1-6H3. The van der Waals surface area contributed by atoms with Gasteiger partial charge in [-0.05, 0) is 66.1 Å². The maximum atomic E-state index is 11.8. The van der Waals surface area contributed by atoms with Crippen LogP contribution in [0.15, 0.2) is 18.2 Å². The molecule has 0 aliphatic carbocycles. The van der Waals surface area contributed by atoms with Crippen molar-refractivity contribution in [2.24, 2.45) is 0 Å². The maximum Gasteiger partial charge on any atom is 0.252 e. The largest absolute Gasteiger partial charge is 0.410 e. The van der Waals surface area contributed by atoms with E-state index in [4.69, 9.17) is 11.6 Å². The van der Waals surface area contributed by atoms with Crippen molar-refractivity contribution >= 4 is 44.7 Å². The summed E-state index contributed by atoms with van der Waals surface area (Å²) in [5.74, 6) is 0. The van der Waals surface area contributed by atoms with Crippen LogP contribution >= 0.6 is 11.6 Å². The summed E-state index contributed by atoms with van der Waals surface area (Å²) in [5, 5.41) is -0.389. The molecule has 6 heteroatoms. The highest BCUT2D eigenvalue weighted by Gasteiger charge is 2.29. The molecule has 0 radical (unpaired) electrons. The van der Waals surface area contributed by atoms with Crippen LogP contribution in [0.1, 0.15) is 51.9 Å². The first-order valence-corrected chi connectivity index (χ1v) is 15.4. The van der Waals surface area contributed by atoms with Crippen LogP contribution in [-0.4, -0.2) is 21.7 Å². The Bertz CT molecular complexity index is 516. The van der Waals surface area contributed by atoms with E-state index < -0.39 is 16.5 Å². The highest BCUT2D eigenvalue weighted by atomic mass is 35.5. The fraction of sp³-hybridized carbons (Fsp3) is 0.632. The minimum Gasteiger partial charge on any atom is -0.410 e. The molecule has 0 aliphatic heterocycles. The molecule has 142 valence electrons. The van der Waals surface area contributed by atoms with Crippen molar-refractivity contribution in [3.8, 4) is 0 Å². The number of carbonyl (C=O) groups excluding carboxylic acids is 1. The predicted molar refractivity (Wildman–Crippen MR) is 118 cm³/mol. The van der Waals surface area contributed by atoms with Crippen molar-refractivity contribution in [3.63, 3.8) is 0 Å². The summed E-state index contributed by atoms with van der Waals surface area (Å²) in [4.78, 5) is 19.5. The number of rotatable bonds is 11. The minimum atomic E-state index is -1.54. The van der Waals surface area contributed by atoms with Crippen molar-refractivity contribution in [2.75, 3.05) is 9.96 Å². The Labute approximate surface area is 161 Å². The van der Waals surface area contributed by atoms with Crippen LogP contribution in [0.3, 0.4) is 0 Å². The quantitative estimate of drug-likeness (QED) is 0.314. The molecule has 0 fully saturated rings. The van der Waals surface area contributed by atoms with E-state index in [0.717, 1.165) is 11.4 Å². The molecule has 0 saturated carbocycles. The third-order valence-electron chi connectivity index (χ3n) is 6.04. The first kappa shape index (κ1) is 22.3. The van der Waals surface area contributed by atoms with Crippen molar-refractivity contribution in [1.82, 2.24) is 0 Å². The van der Waals surface area contributed by atoms with Crippen molar-refractivity contribution in [2.45, 2.75) is 77.8 Å². The van der Waals surface area contributed by atoms with E-state index in [2.05, 4.69) is 57.6 Å². The maximum absolute atomic E-state index is 11.8. The van der Waals surface area contributed by atoms with Gasteiger partial charge in [-0.15, -0.1) is 0 Å². The van der Waals surface area contributed by atoms with Gasteiger partial charge in [0, 0.05) is 16.9 Å². The van der Waals surface area contributed by atoms with Crippen LogP contribution in [0.4, 0.5) is 11.4 Å². The van der Waals surface area contributed by atoms with Gasteiger partial charge in [0.15, 0.2) is 16.5 Å². The molecule has 0 spiro atoms. The average Bonchev–Trinajstić information content (AvgIpc) is 2.64. The van der Waals surface area contributed by atoms with Gasteiger partial charge in [-0.25, -0.2) is 0 Å². The van der Waals surface area contributed by atoms with E-state index >= 15 is 0 Å². The summed E-state index contributed by atoms with van der Waals surface area (Å²) in [6, 6.07) is 13.1. The van der Waals surface area contributed by atoms with E-state index in [1.807, 2.05) is 12.1 Å². The van der Waals surface area contributed by atoms with Gasteiger partial charge >= 0.3 is 0 Å². The number of benzene rings is 1. The van der Waals surface area contributed by atoms with E-state index in [9.17, 15) is 4.79 Å². The lowest BCUT2D eigenvalue weighted by molar-refractivity contribution is 0.108. The number of carbonyl (C=O) groups is 1. The van der Waals surface area contributed by atoms with Crippen LogP contribution in [0.2, 0.25) is 36.3 Å². The summed E-state index contributed by atoms with van der Waals surface area (Å²) < 4.78 is 0. The molecule has 3 nitrogen and oxygen atoms in total. The molecule has 0 unspecified atom stereocenters. The summed E-state index contributed by atoms with van der Waals surface area (Å²) >= 11 is 5.82. The predicted octanol–water partition coefficient (Wildman–Crippen LogP) is 6.90. The molecule has 0 heterocycles. The number of hydrogen-bond acceptors (Lipinski definition) is 3. The second-order valence-corrected chi connectivity index (χ2v) is 17.2. The van der Waals surface area contributed by atoms with E-state index in [1.54, 1.807) is 0 Å². The summed E-state index contributed by atoms with van der Waals surface area (Å²) in [5.41, 5.74) is 2.65. The Morgan fingerprint density at radius 2 is 1.08 bits per heavy atom. The molecule has 1 aromatic carbocycles. The molecular weight excluding hydrogens is 364 g/mol. The van der Waals surface area contributed by atoms with E-state index in [0.29, 0.717) is 5.56 Å². The Hall–Kier alpha value is -0.786. The number of halogens is 1. The Morgan fingerprint density at radius 3 is 1.32 bits per heavy atom. The normalized spacial score (nSPS) is 12.1. The molecule has 1 aromatic rings. The van der Waals surface area contributed by atoms with E-state index in [-0.39, 0.29) is 5.24 Å². The summed E-state index contributed by atoms with van der Waals surface area (Å²) in [6.45, 7) is 13.6. The first-order chi connectivity index (χ1) is 11.8. The zero-order chi connectivity index (χ0) is 19.1. The lowest BCUT2D eigenvalue weighted by Crippen LogP contribution is -2.42. The third-order valence-corrected chi connectivity index (χ3v) is 16.0. The smallest absolute Gasteiger partial charge is 0.252 e. The lowest BCUT2D eigenvalue weighted by Gasteiger charge is -2.32. The minimum absolute atomic E-state index is 0.389. The summed E-state index contributed by atoms with van der Waals surface area (Å²) in [6.07, 6.45) is 0. The zero-order valence-corrected chi connectivity index (χ0v) is 19.5. The van der Waals surface area contributed by atoms with Gasteiger partial charge in [-0.2, -0.15) is 0 Å². The lowest BCUT2D eigenvalue weighted by atomic mass is 10.2. The molecular formula is C19H35ClN2OSi2. The van der Waals surface area contributed by atoms with E-state index in [1.165, 1.54) is 36.3 Å². The summed E-state index contributed by atoms with van der Waals surface area (Å²) in [7, 11) is -3.09. The fourth-order valence-corrected chi connectivity index (χ4v) is 9.21. The molecule has 0 amide bonds. The van der Waals surface area contributed by atoms with Crippen molar-refractivity contribution in [1.29, 1.82) is 0 Å². The second-order valence-electron chi connectivity index (χ2n) is 7.00. The van der Waals surface area contributed by atoms with Gasteiger partial charge in [0.25, 0.3) is 5.24 Å². The van der Waals surface area contributed by atoms with Crippen molar-refractivity contribution in [3.05, 3.63) is 23.8 Å². The molecule has 1 rings (SSSR count). The number of anilines is 2. The molecule has 25 heavy (non-hydrogen) atoms. The molecule has 0 aliphatic rings. The van der Waals surface area contributed by atoms with Gasteiger partial charge in [0.1, 0.15) is 0 Å². The monoisotopic (exact) mass is 398 g/mol. The highest BCUT2D eigenvalue weighted by Crippen LogP contribution is 2.30. The molecule has 2 N–H and O–H groups in total. The highest BCUT2D eigenvalue weighted by molar-refractivity contribution is 6.83. The van der Waals surface area contributed by atoms with Gasteiger partial charge < -0.3 is 9.96 Å². The van der Waals surface area contributed by atoms with Crippen molar-refractivity contribution < 1.29 is 4.79 Å². The molecule has 0 aromatic heterocycles. The molecule has 0 atom stereocenters. The zero-order valence-electron chi connectivity index (χ0n) is 16.8. The van der Waals surface area contributed by atoms with Crippen LogP contribution in [-0.2, 0) is 0 Å². The van der Waals surface area contributed by atoms with Crippen LogP contribution < -0.4 is 9.96 Å². The topological polar surface area (TPSA) is 41.1 Å². The number of nitrogens with one attached hydrogen (secondary N) is 2. The first-order valence-electron chi connectivity index (χ1n) is 9.74. The third kappa shape index (κ3) is 5.59. The van der Waals surface area contributed by atoms with Gasteiger partial charge in [-0.3, -0.25) is 4.79 Å². The SMILES string of the molecule is CC[Si](CC)(CC)Nc1cc(N[Si](CC)(CC)CC)cc(C(=O)Cl)c1. The Balaban J connectivity index is 3.28. The molecule has 0 bridgehead atoms. The average molecular weight is 399 g/mol. The van der Waals surface area contributed by atoms with Crippen LogP contribution in [0.25, 0.3) is 0 Å². The van der Waals surface area contributed by atoms with Crippen LogP contribution in [0.5, 0.6) is 0 Å². The van der Waals surface area contributed by atoms with Crippen LogP contribution in [0, 0.1) is 0 Å². The van der Waals surface area contributed by atoms with Gasteiger partial charge in [0.05, 0.1) is 0 Å². The number of hydrogen-bond donors (Lipinski definition) is 2. The van der Waals surface area contributed by atoms with Gasteiger partial charge in [-0.1, -0.05) is 41.5 Å². The Morgan fingerprint density at radius 1 is 0.760 bits per heavy atom. The molecule has 0 saturated heterocycles. The fourth-order valence-electron chi connectivity index (χ4n) is 3.53.